The lowest BCUT2D eigenvalue weighted by Gasteiger charge is -2.36. The molecule has 9 nitrogen and oxygen atoms in total. The molecule has 5 heterocycles. The Morgan fingerprint density at radius 1 is 1.03 bits per heavy atom. The number of fused-ring (bicyclic) bond motifs is 1. The van der Waals surface area contributed by atoms with Gasteiger partial charge in [0, 0.05) is 69.3 Å². The Bertz CT molecular complexity index is 1180. The van der Waals surface area contributed by atoms with Gasteiger partial charge in [0.15, 0.2) is 5.58 Å². The van der Waals surface area contributed by atoms with Gasteiger partial charge in [0.25, 0.3) is 11.9 Å². The van der Waals surface area contributed by atoms with E-state index in [0.717, 1.165) is 5.69 Å². The largest absolute Gasteiger partial charge is 0.422 e. The van der Waals surface area contributed by atoms with Crippen LogP contribution < -0.4 is 9.80 Å². The van der Waals surface area contributed by atoms with Gasteiger partial charge in [-0.05, 0) is 25.5 Å². The summed E-state index contributed by atoms with van der Waals surface area (Å²) >= 11 is 0. The number of alkyl halides is 2. The van der Waals surface area contributed by atoms with Crippen molar-refractivity contribution in [2.24, 2.45) is 5.41 Å². The summed E-state index contributed by atoms with van der Waals surface area (Å²) in [5, 5.41) is 10.8. The molecule has 2 unspecified atom stereocenters. The first-order valence-electron chi connectivity index (χ1n) is 11.2. The number of nitrogens with zero attached hydrogens (tertiary/aromatic N) is 7. The predicted molar refractivity (Wildman–Crippen MR) is 116 cm³/mol. The Morgan fingerprint density at radius 2 is 1.76 bits per heavy atom. The maximum atomic E-state index is 13.6. The molecule has 11 heteroatoms. The number of hydrogen-bond donors (Lipinski definition) is 1. The van der Waals surface area contributed by atoms with Crippen molar-refractivity contribution in [2.75, 3.05) is 49.1 Å². The van der Waals surface area contributed by atoms with Crippen LogP contribution in [0.4, 0.5) is 20.7 Å². The molecule has 0 bridgehead atoms. The van der Waals surface area contributed by atoms with Crippen LogP contribution in [-0.2, 0) is 0 Å². The fraction of sp³-hybridized carbons (Fsp3) is 0.545. The molecule has 2 atom stereocenters. The molecule has 2 aliphatic heterocycles. The SMILES string of the molecule is Cc1ccc2oc(N3CCN(C(O)c4cnc(N5CCC6(C5)CC6(F)F)nc4)CC3)nc2n1. The molecule has 0 amide bonds. The van der Waals surface area contributed by atoms with Crippen molar-refractivity contribution >= 4 is 23.2 Å². The molecule has 1 aliphatic carbocycles. The Hall–Kier alpha value is -2.92. The van der Waals surface area contributed by atoms with Crippen LogP contribution >= 0.6 is 0 Å². The molecule has 0 aromatic carbocycles. The van der Waals surface area contributed by atoms with Crippen LogP contribution in [0.25, 0.3) is 11.2 Å². The van der Waals surface area contributed by atoms with Gasteiger partial charge in [-0.25, -0.2) is 23.7 Å². The van der Waals surface area contributed by atoms with E-state index in [2.05, 4.69) is 19.9 Å². The second kappa shape index (κ2) is 7.29. The number of anilines is 2. The summed E-state index contributed by atoms with van der Waals surface area (Å²) in [5.74, 6) is -2.12. The van der Waals surface area contributed by atoms with Crippen molar-refractivity contribution in [3.05, 3.63) is 35.8 Å². The highest BCUT2D eigenvalue weighted by molar-refractivity contribution is 5.70. The lowest BCUT2D eigenvalue weighted by atomic mass is 10.1. The Balaban J connectivity index is 1.07. The van der Waals surface area contributed by atoms with Gasteiger partial charge in [-0.15, -0.1) is 0 Å². The molecule has 3 aromatic rings. The van der Waals surface area contributed by atoms with E-state index >= 15 is 0 Å². The molecule has 1 N–H and O–H groups in total. The number of piperazine rings is 1. The van der Waals surface area contributed by atoms with Crippen molar-refractivity contribution in [3.8, 4) is 0 Å². The standard InChI is InChI=1S/C22H25F2N7O2/c1-14-2-3-16-17(27-14)28-20(33-16)30-8-6-29(7-9-30)18(32)15-10-25-19(26-11-15)31-5-4-21(13-31)12-22(21,23)24/h2-3,10-11,18,32H,4-9,12-13H2,1H3. The number of rotatable bonds is 4. The lowest BCUT2D eigenvalue weighted by molar-refractivity contribution is -0.00255. The second-order valence-electron chi connectivity index (χ2n) is 9.32. The smallest absolute Gasteiger partial charge is 0.300 e. The monoisotopic (exact) mass is 457 g/mol. The molecule has 0 radical (unpaired) electrons. The van der Waals surface area contributed by atoms with Gasteiger partial charge in [-0.2, -0.15) is 4.98 Å². The van der Waals surface area contributed by atoms with Crippen LogP contribution in [0.2, 0.25) is 0 Å². The minimum absolute atomic E-state index is 0.0427. The number of halogens is 2. The van der Waals surface area contributed by atoms with Crippen LogP contribution in [0, 0.1) is 12.3 Å². The van der Waals surface area contributed by atoms with E-state index in [9.17, 15) is 13.9 Å². The van der Waals surface area contributed by atoms with E-state index in [1.165, 1.54) is 0 Å². The topological polar surface area (TPSA) is 94.7 Å². The van der Waals surface area contributed by atoms with Crippen LogP contribution in [0.1, 0.15) is 30.3 Å². The number of oxazole rings is 1. The molecule has 33 heavy (non-hydrogen) atoms. The van der Waals surface area contributed by atoms with Gasteiger partial charge >= 0.3 is 0 Å². The zero-order valence-electron chi connectivity index (χ0n) is 18.3. The fourth-order valence-corrected chi connectivity index (χ4v) is 4.90. The molecule has 3 aliphatic rings. The van der Waals surface area contributed by atoms with Gasteiger partial charge < -0.3 is 19.3 Å². The van der Waals surface area contributed by atoms with Crippen molar-refractivity contribution in [1.82, 2.24) is 24.8 Å². The number of hydrogen-bond acceptors (Lipinski definition) is 9. The van der Waals surface area contributed by atoms with Crippen LogP contribution in [0.5, 0.6) is 0 Å². The Morgan fingerprint density at radius 3 is 2.42 bits per heavy atom. The Labute approximate surface area is 189 Å². The summed E-state index contributed by atoms with van der Waals surface area (Å²) in [4.78, 5) is 23.4. The number of pyridine rings is 1. The summed E-state index contributed by atoms with van der Waals surface area (Å²) in [6.07, 6.45) is 2.76. The minimum Gasteiger partial charge on any atom is -0.422 e. The van der Waals surface area contributed by atoms with E-state index < -0.39 is 17.6 Å². The highest BCUT2D eigenvalue weighted by Crippen LogP contribution is 2.65. The number of aliphatic hydroxyl groups excluding tert-OH is 1. The van der Waals surface area contributed by atoms with Crippen LogP contribution in [-0.4, -0.2) is 75.1 Å². The number of aliphatic hydroxyl groups is 1. The third-order valence-corrected chi connectivity index (χ3v) is 7.12. The fourth-order valence-electron chi connectivity index (χ4n) is 4.90. The van der Waals surface area contributed by atoms with Crippen molar-refractivity contribution < 1.29 is 18.3 Å². The van der Waals surface area contributed by atoms with Gasteiger partial charge in [0.1, 0.15) is 6.23 Å². The molecule has 1 saturated carbocycles. The third-order valence-electron chi connectivity index (χ3n) is 7.12. The molecular formula is C22H25F2N7O2. The van der Waals surface area contributed by atoms with E-state index in [1.807, 2.05) is 33.8 Å². The summed E-state index contributed by atoms with van der Waals surface area (Å²) < 4.78 is 33.1. The summed E-state index contributed by atoms with van der Waals surface area (Å²) in [7, 11) is 0. The van der Waals surface area contributed by atoms with Crippen LogP contribution in [0.3, 0.4) is 0 Å². The normalized spacial score (nSPS) is 25.8. The molecule has 1 spiro atoms. The van der Waals surface area contributed by atoms with Gasteiger partial charge in [0.05, 0.1) is 5.41 Å². The molecule has 174 valence electrons. The maximum absolute atomic E-state index is 13.6. The molecule has 6 rings (SSSR count). The molecule has 3 fully saturated rings. The predicted octanol–water partition coefficient (Wildman–Crippen LogP) is 2.37. The van der Waals surface area contributed by atoms with Gasteiger partial charge in [-0.1, -0.05) is 0 Å². The van der Waals surface area contributed by atoms with E-state index in [-0.39, 0.29) is 13.0 Å². The van der Waals surface area contributed by atoms with E-state index in [1.54, 1.807) is 12.4 Å². The molecule has 2 saturated heterocycles. The highest BCUT2D eigenvalue weighted by atomic mass is 19.3. The number of aryl methyl sites for hydroxylation is 1. The molecular weight excluding hydrogens is 432 g/mol. The summed E-state index contributed by atoms with van der Waals surface area (Å²) in [6.45, 7) is 5.24. The lowest BCUT2D eigenvalue weighted by Crippen LogP contribution is -2.47. The molecule has 3 aromatic heterocycles. The van der Waals surface area contributed by atoms with Gasteiger partial charge in [-0.3, -0.25) is 4.90 Å². The first-order valence-corrected chi connectivity index (χ1v) is 11.2. The first-order chi connectivity index (χ1) is 15.8. The van der Waals surface area contributed by atoms with Crippen molar-refractivity contribution in [1.29, 1.82) is 0 Å². The zero-order chi connectivity index (χ0) is 22.8. The van der Waals surface area contributed by atoms with Crippen molar-refractivity contribution in [2.45, 2.75) is 31.9 Å². The van der Waals surface area contributed by atoms with E-state index in [0.29, 0.717) is 67.9 Å². The average molecular weight is 457 g/mol. The minimum atomic E-state index is -2.56. The summed E-state index contributed by atoms with van der Waals surface area (Å²) in [5.41, 5.74) is 1.83. The average Bonchev–Trinajstić information content (AvgIpc) is 3.17. The first kappa shape index (κ1) is 20.7. The van der Waals surface area contributed by atoms with E-state index in [4.69, 9.17) is 4.42 Å². The highest BCUT2D eigenvalue weighted by Gasteiger charge is 2.72. The van der Waals surface area contributed by atoms with Crippen LogP contribution in [0.15, 0.2) is 28.9 Å². The van der Waals surface area contributed by atoms with Crippen molar-refractivity contribution in [3.63, 3.8) is 0 Å². The zero-order valence-corrected chi connectivity index (χ0v) is 18.3. The summed E-state index contributed by atoms with van der Waals surface area (Å²) in [6, 6.07) is 4.30. The second-order valence-corrected chi connectivity index (χ2v) is 9.32. The van der Waals surface area contributed by atoms with Gasteiger partial charge in [0.2, 0.25) is 11.6 Å². The number of aromatic nitrogens is 4. The quantitative estimate of drug-likeness (QED) is 0.634. The Kier molecular flexibility index (Phi) is 4.57. The third kappa shape index (κ3) is 3.50. The maximum Gasteiger partial charge on any atom is 0.300 e.